The quantitative estimate of drug-likeness (QED) is 0.817. The number of rotatable bonds is 6. The Bertz CT molecular complexity index is 430. The molecule has 3 N–H and O–H groups in total. The van der Waals surface area contributed by atoms with Gasteiger partial charge in [0.05, 0.1) is 0 Å². The van der Waals surface area contributed by atoms with Crippen molar-refractivity contribution in [1.29, 1.82) is 0 Å². The molecule has 0 aliphatic rings. The Morgan fingerprint density at radius 3 is 1.95 bits per heavy atom. The van der Waals surface area contributed by atoms with Gasteiger partial charge in [-0.25, -0.2) is 0 Å². The molecule has 3 nitrogen and oxygen atoms in total. The molecule has 1 rings (SSSR count). The third kappa shape index (κ3) is 6.06. The number of nitrogens with one attached hydrogen (secondary N) is 1. The molecule has 0 bridgehead atoms. The van der Waals surface area contributed by atoms with Crippen molar-refractivity contribution in [1.82, 2.24) is 0 Å². The molecule has 1 aromatic carbocycles. The monoisotopic (exact) mass is 312 g/mol. The molecule has 1 aromatic rings. The predicted molar refractivity (Wildman–Crippen MR) is 93.4 cm³/mol. The molecule has 0 saturated heterocycles. The van der Waals surface area contributed by atoms with Gasteiger partial charge >= 0.3 is 0 Å². The van der Waals surface area contributed by atoms with Crippen LogP contribution in [-0.2, 0) is 4.79 Å². The second-order valence-corrected chi connectivity index (χ2v) is 6.19. The van der Waals surface area contributed by atoms with Crippen molar-refractivity contribution in [3.63, 3.8) is 0 Å². The average molecular weight is 313 g/mol. The van der Waals surface area contributed by atoms with Crippen LogP contribution in [0, 0.1) is 0 Å². The van der Waals surface area contributed by atoms with E-state index in [-0.39, 0.29) is 24.4 Å². The minimum atomic E-state index is 0. The van der Waals surface area contributed by atoms with Gasteiger partial charge in [-0.05, 0) is 36.3 Å². The first-order valence-electron chi connectivity index (χ1n) is 7.51. The fraction of sp³-hybridized carbons (Fsp3) is 0.588. The van der Waals surface area contributed by atoms with Crippen LogP contribution in [0.3, 0.4) is 0 Å². The smallest absolute Gasteiger partial charge is 0.224 e. The molecule has 0 aromatic heterocycles. The summed E-state index contributed by atoms with van der Waals surface area (Å²) in [6.07, 6.45) is 1.19. The van der Waals surface area contributed by atoms with Gasteiger partial charge in [-0.15, -0.1) is 12.4 Å². The van der Waals surface area contributed by atoms with Gasteiger partial charge in [0.2, 0.25) is 5.91 Å². The van der Waals surface area contributed by atoms with E-state index in [9.17, 15) is 4.79 Å². The summed E-state index contributed by atoms with van der Waals surface area (Å²) in [4.78, 5) is 12.1. The molecule has 1 amide bonds. The Kier molecular flexibility index (Phi) is 8.60. The molecule has 4 heteroatoms. The number of para-hydroxylation sites is 1. The van der Waals surface area contributed by atoms with Gasteiger partial charge < -0.3 is 11.1 Å². The van der Waals surface area contributed by atoms with Crippen LogP contribution in [0.2, 0.25) is 0 Å². The molecule has 0 aliphatic heterocycles. The van der Waals surface area contributed by atoms with Gasteiger partial charge in [-0.3, -0.25) is 4.79 Å². The van der Waals surface area contributed by atoms with Gasteiger partial charge in [0.25, 0.3) is 0 Å². The second-order valence-electron chi connectivity index (χ2n) is 6.19. The summed E-state index contributed by atoms with van der Waals surface area (Å²) in [7, 11) is 0. The summed E-state index contributed by atoms with van der Waals surface area (Å²) in [6, 6.07) is 6.32. The molecular weight excluding hydrogens is 284 g/mol. The first-order valence-corrected chi connectivity index (χ1v) is 7.51. The van der Waals surface area contributed by atoms with Crippen LogP contribution in [0.4, 0.5) is 5.69 Å². The van der Waals surface area contributed by atoms with E-state index in [4.69, 9.17) is 5.73 Å². The fourth-order valence-electron chi connectivity index (χ4n) is 2.26. The molecule has 0 saturated carbocycles. The molecule has 0 aliphatic carbocycles. The summed E-state index contributed by atoms with van der Waals surface area (Å²) in [5, 5.41) is 3.10. The van der Waals surface area contributed by atoms with Gasteiger partial charge in [0.1, 0.15) is 0 Å². The number of amides is 1. The first kappa shape index (κ1) is 19.9. The Hall–Kier alpha value is -1.06. The highest BCUT2D eigenvalue weighted by molar-refractivity contribution is 5.92. The number of carbonyl (C=O) groups is 1. The highest BCUT2D eigenvalue weighted by atomic mass is 35.5. The summed E-state index contributed by atoms with van der Waals surface area (Å²) < 4.78 is 0. The number of halogens is 1. The Labute approximate surface area is 135 Å². The van der Waals surface area contributed by atoms with Crippen molar-refractivity contribution in [2.24, 2.45) is 5.73 Å². The number of nitrogens with two attached hydrogens (primary N) is 1. The lowest BCUT2D eigenvalue weighted by atomic mass is 9.92. The molecule has 0 heterocycles. The molecular formula is C17H29ClN2O. The lowest BCUT2D eigenvalue weighted by Crippen LogP contribution is -2.20. The number of benzene rings is 1. The largest absolute Gasteiger partial charge is 0.328 e. The summed E-state index contributed by atoms with van der Waals surface area (Å²) >= 11 is 0. The van der Waals surface area contributed by atoms with Crippen LogP contribution in [0.5, 0.6) is 0 Å². The van der Waals surface area contributed by atoms with Crippen molar-refractivity contribution in [2.45, 2.75) is 65.3 Å². The van der Waals surface area contributed by atoms with E-state index in [1.54, 1.807) is 0 Å². The molecule has 21 heavy (non-hydrogen) atoms. The fourth-order valence-corrected chi connectivity index (χ4v) is 2.26. The second kappa shape index (κ2) is 9.06. The van der Waals surface area contributed by atoms with Gasteiger partial charge in [0.15, 0.2) is 0 Å². The zero-order chi connectivity index (χ0) is 15.3. The summed E-state index contributed by atoms with van der Waals surface area (Å²) in [5.41, 5.74) is 9.10. The van der Waals surface area contributed by atoms with Gasteiger partial charge in [0, 0.05) is 18.2 Å². The Morgan fingerprint density at radius 1 is 1.10 bits per heavy atom. The lowest BCUT2D eigenvalue weighted by Gasteiger charge is -2.20. The van der Waals surface area contributed by atoms with Crippen molar-refractivity contribution in [3.05, 3.63) is 29.3 Å². The van der Waals surface area contributed by atoms with Crippen LogP contribution < -0.4 is 11.1 Å². The minimum absolute atomic E-state index is 0. The van der Waals surface area contributed by atoms with Crippen molar-refractivity contribution < 1.29 is 4.79 Å². The zero-order valence-electron chi connectivity index (χ0n) is 13.8. The minimum Gasteiger partial charge on any atom is -0.328 e. The maximum atomic E-state index is 12.1. The third-order valence-electron chi connectivity index (χ3n) is 3.46. The van der Waals surface area contributed by atoms with E-state index in [0.29, 0.717) is 24.7 Å². The number of carbonyl (C=O) groups excluding carboxylic acids is 1. The van der Waals surface area contributed by atoms with E-state index >= 15 is 0 Å². The predicted octanol–water partition coefficient (Wildman–Crippen LogP) is 4.42. The van der Waals surface area contributed by atoms with Crippen molar-refractivity contribution in [2.75, 3.05) is 5.32 Å². The highest BCUT2D eigenvalue weighted by Gasteiger charge is 2.15. The topological polar surface area (TPSA) is 55.1 Å². The molecule has 0 fully saturated rings. The SMILES string of the molecule is CC(N)CCC(=O)Nc1c(C(C)C)cccc1C(C)C.Cl. The van der Waals surface area contributed by atoms with Crippen LogP contribution in [0.1, 0.15) is 70.4 Å². The molecule has 0 radical (unpaired) electrons. The highest BCUT2D eigenvalue weighted by Crippen LogP contribution is 2.32. The summed E-state index contributed by atoms with van der Waals surface area (Å²) in [6.45, 7) is 10.5. The van der Waals surface area contributed by atoms with Crippen molar-refractivity contribution in [3.8, 4) is 0 Å². The summed E-state index contributed by atoms with van der Waals surface area (Å²) in [5.74, 6) is 0.826. The standard InChI is InChI=1S/C17H28N2O.ClH/c1-11(2)14-7-6-8-15(12(3)4)17(14)19-16(20)10-9-13(5)18;/h6-8,11-13H,9-10,18H2,1-5H3,(H,19,20);1H. The maximum absolute atomic E-state index is 12.1. The molecule has 1 atom stereocenters. The lowest BCUT2D eigenvalue weighted by molar-refractivity contribution is -0.116. The van der Waals surface area contributed by atoms with E-state index < -0.39 is 0 Å². The molecule has 120 valence electrons. The van der Waals surface area contributed by atoms with Crippen LogP contribution in [0.25, 0.3) is 0 Å². The van der Waals surface area contributed by atoms with E-state index in [1.165, 1.54) is 11.1 Å². The average Bonchev–Trinajstić information content (AvgIpc) is 2.36. The Balaban J connectivity index is 0.00000400. The number of hydrogen-bond donors (Lipinski definition) is 2. The van der Waals surface area contributed by atoms with E-state index in [0.717, 1.165) is 5.69 Å². The Morgan fingerprint density at radius 2 is 1.57 bits per heavy atom. The molecule has 1 unspecified atom stereocenters. The van der Waals surface area contributed by atoms with E-state index in [2.05, 4.69) is 51.2 Å². The van der Waals surface area contributed by atoms with Crippen LogP contribution in [-0.4, -0.2) is 11.9 Å². The first-order chi connectivity index (χ1) is 9.32. The number of hydrogen-bond acceptors (Lipinski definition) is 2. The third-order valence-corrected chi connectivity index (χ3v) is 3.46. The normalized spacial score (nSPS) is 12.2. The van der Waals surface area contributed by atoms with Crippen molar-refractivity contribution >= 4 is 24.0 Å². The van der Waals surface area contributed by atoms with E-state index in [1.807, 2.05) is 6.92 Å². The maximum Gasteiger partial charge on any atom is 0.224 e. The van der Waals surface area contributed by atoms with Gasteiger partial charge in [-0.1, -0.05) is 45.9 Å². The van der Waals surface area contributed by atoms with Crippen LogP contribution >= 0.6 is 12.4 Å². The number of anilines is 1. The zero-order valence-corrected chi connectivity index (χ0v) is 14.6. The molecule has 0 spiro atoms. The van der Waals surface area contributed by atoms with Gasteiger partial charge in [-0.2, -0.15) is 0 Å². The van der Waals surface area contributed by atoms with Crippen LogP contribution in [0.15, 0.2) is 18.2 Å².